The lowest BCUT2D eigenvalue weighted by Gasteiger charge is -2.18. The molecule has 0 aromatic carbocycles. The highest BCUT2D eigenvalue weighted by molar-refractivity contribution is 7.09. The van der Waals surface area contributed by atoms with Crippen LogP contribution in [0.25, 0.3) is 0 Å². The predicted octanol–water partition coefficient (Wildman–Crippen LogP) is 2.54. The molecule has 2 rings (SSSR count). The lowest BCUT2D eigenvalue weighted by Crippen LogP contribution is -2.18. The van der Waals surface area contributed by atoms with Gasteiger partial charge in [0.15, 0.2) is 0 Å². The molecule has 0 saturated carbocycles. The van der Waals surface area contributed by atoms with E-state index in [1.807, 2.05) is 23.4 Å². The zero-order valence-electron chi connectivity index (χ0n) is 11.5. The Balaban J connectivity index is 2.20. The highest BCUT2D eigenvalue weighted by Gasteiger charge is 2.14. The van der Waals surface area contributed by atoms with Crippen molar-refractivity contribution in [2.45, 2.75) is 13.5 Å². The third-order valence-electron chi connectivity index (χ3n) is 2.78. The summed E-state index contributed by atoms with van der Waals surface area (Å²) in [4.78, 5) is 19.3. The van der Waals surface area contributed by atoms with Crippen LogP contribution in [-0.4, -0.2) is 24.6 Å². The number of carbonyl (C=O) groups excluding carboxylic acids is 1. The molecule has 0 aliphatic rings. The number of pyridine rings is 1. The molecular formula is C14H17N3O2S. The van der Waals surface area contributed by atoms with Gasteiger partial charge in [-0.1, -0.05) is 6.07 Å². The van der Waals surface area contributed by atoms with Gasteiger partial charge in [0.05, 0.1) is 30.6 Å². The molecule has 0 radical (unpaired) electrons. The van der Waals surface area contributed by atoms with E-state index in [0.717, 1.165) is 6.54 Å². The number of rotatable bonds is 5. The number of aromatic nitrogens is 1. The van der Waals surface area contributed by atoms with Gasteiger partial charge in [-0.3, -0.25) is 0 Å². The molecular weight excluding hydrogens is 274 g/mol. The molecule has 2 aromatic heterocycles. The number of nitrogens with zero attached hydrogens (tertiary/aromatic N) is 2. The maximum absolute atomic E-state index is 11.8. The molecule has 0 unspecified atom stereocenters. The summed E-state index contributed by atoms with van der Waals surface area (Å²) in [6.45, 7) is 2.82. The van der Waals surface area contributed by atoms with E-state index < -0.39 is 5.97 Å². The zero-order valence-corrected chi connectivity index (χ0v) is 12.3. The van der Waals surface area contributed by atoms with Crippen LogP contribution in [0.15, 0.2) is 29.8 Å². The average Bonchev–Trinajstić information content (AvgIpc) is 2.92. The van der Waals surface area contributed by atoms with Gasteiger partial charge in [-0.05, 0) is 24.4 Å². The summed E-state index contributed by atoms with van der Waals surface area (Å²) in [7, 11) is 1.92. The van der Waals surface area contributed by atoms with Crippen LogP contribution >= 0.6 is 11.3 Å². The monoisotopic (exact) mass is 291 g/mol. The van der Waals surface area contributed by atoms with Gasteiger partial charge in [0.25, 0.3) is 0 Å². The van der Waals surface area contributed by atoms with Crippen LogP contribution in [0.5, 0.6) is 0 Å². The molecule has 0 spiro atoms. The minimum absolute atomic E-state index is 0.320. The molecule has 106 valence electrons. The zero-order chi connectivity index (χ0) is 14.5. The van der Waals surface area contributed by atoms with Gasteiger partial charge < -0.3 is 15.4 Å². The van der Waals surface area contributed by atoms with Gasteiger partial charge in [0.2, 0.25) is 0 Å². The van der Waals surface area contributed by atoms with Crippen molar-refractivity contribution in [3.05, 3.63) is 40.2 Å². The summed E-state index contributed by atoms with van der Waals surface area (Å²) in [6.07, 6.45) is 1.49. The highest BCUT2D eigenvalue weighted by atomic mass is 32.1. The van der Waals surface area contributed by atoms with E-state index in [9.17, 15) is 4.79 Å². The molecule has 2 N–H and O–H groups in total. The number of nitrogens with two attached hydrogens (primary N) is 1. The van der Waals surface area contributed by atoms with E-state index in [-0.39, 0.29) is 0 Å². The minimum atomic E-state index is -0.418. The summed E-state index contributed by atoms with van der Waals surface area (Å²) in [5, 5.41) is 2.03. The first kappa shape index (κ1) is 14.3. The second kappa shape index (κ2) is 6.38. The van der Waals surface area contributed by atoms with E-state index in [1.165, 1.54) is 11.1 Å². The first-order chi connectivity index (χ1) is 9.61. The summed E-state index contributed by atoms with van der Waals surface area (Å²) < 4.78 is 4.99. The van der Waals surface area contributed by atoms with E-state index in [1.54, 1.807) is 24.3 Å². The number of anilines is 2. The van der Waals surface area contributed by atoms with Crippen LogP contribution < -0.4 is 10.6 Å². The van der Waals surface area contributed by atoms with Crippen molar-refractivity contribution in [2.75, 3.05) is 24.3 Å². The highest BCUT2D eigenvalue weighted by Crippen LogP contribution is 2.21. The van der Waals surface area contributed by atoms with Crippen molar-refractivity contribution in [3.63, 3.8) is 0 Å². The first-order valence-corrected chi connectivity index (χ1v) is 7.16. The third kappa shape index (κ3) is 3.27. The summed E-state index contributed by atoms with van der Waals surface area (Å²) in [5.41, 5.74) is 6.46. The molecule has 0 aliphatic heterocycles. The number of hydrogen-bond acceptors (Lipinski definition) is 6. The second-order valence-corrected chi connectivity index (χ2v) is 5.32. The molecule has 20 heavy (non-hydrogen) atoms. The van der Waals surface area contributed by atoms with E-state index in [2.05, 4.69) is 11.1 Å². The topological polar surface area (TPSA) is 68.5 Å². The Hall–Kier alpha value is -2.08. The number of carbonyl (C=O) groups is 1. The van der Waals surface area contributed by atoms with Crippen molar-refractivity contribution in [2.24, 2.45) is 0 Å². The van der Waals surface area contributed by atoms with Crippen molar-refractivity contribution < 1.29 is 9.53 Å². The van der Waals surface area contributed by atoms with Crippen LogP contribution in [-0.2, 0) is 11.3 Å². The van der Waals surface area contributed by atoms with Crippen LogP contribution in [0.2, 0.25) is 0 Å². The number of nitrogen functional groups attached to an aromatic ring is 1. The SMILES string of the molecule is CCOC(=O)c1cc(N(C)Cc2cccs2)ncc1N. The molecule has 0 fully saturated rings. The predicted molar refractivity (Wildman–Crippen MR) is 81.0 cm³/mol. The molecule has 2 heterocycles. The summed E-state index contributed by atoms with van der Waals surface area (Å²) >= 11 is 1.68. The quantitative estimate of drug-likeness (QED) is 0.857. The van der Waals surface area contributed by atoms with Crippen molar-refractivity contribution >= 4 is 28.8 Å². The van der Waals surface area contributed by atoms with Gasteiger partial charge >= 0.3 is 5.97 Å². The smallest absolute Gasteiger partial charge is 0.340 e. The van der Waals surface area contributed by atoms with Crippen molar-refractivity contribution in [1.29, 1.82) is 0 Å². The molecule has 0 aliphatic carbocycles. The number of ether oxygens (including phenoxy) is 1. The third-order valence-corrected chi connectivity index (χ3v) is 3.64. The van der Waals surface area contributed by atoms with Crippen LogP contribution in [0.4, 0.5) is 11.5 Å². The average molecular weight is 291 g/mol. The summed E-state index contributed by atoms with van der Waals surface area (Å²) in [5.74, 6) is 0.272. The van der Waals surface area contributed by atoms with Gasteiger partial charge in [0.1, 0.15) is 5.82 Å². The summed E-state index contributed by atoms with van der Waals surface area (Å²) in [6, 6.07) is 5.74. The fourth-order valence-electron chi connectivity index (χ4n) is 1.77. The van der Waals surface area contributed by atoms with Crippen LogP contribution in [0.1, 0.15) is 22.2 Å². The van der Waals surface area contributed by atoms with Crippen molar-refractivity contribution in [1.82, 2.24) is 4.98 Å². The Kier molecular flexibility index (Phi) is 4.57. The molecule has 0 atom stereocenters. The molecule has 0 saturated heterocycles. The molecule has 0 amide bonds. The largest absolute Gasteiger partial charge is 0.462 e. The Morgan fingerprint density at radius 3 is 3.00 bits per heavy atom. The number of hydrogen-bond donors (Lipinski definition) is 1. The Morgan fingerprint density at radius 2 is 2.35 bits per heavy atom. The Morgan fingerprint density at radius 1 is 1.55 bits per heavy atom. The number of esters is 1. The van der Waals surface area contributed by atoms with Gasteiger partial charge in [-0.25, -0.2) is 9.78 Å². The fourth-order valence-corrected chi connectivity index (χ4v) is 2.52. The molecule has 0 bridgehead atoms. The van der Waals surface area contributed by atoms with Gasteiger partial charge in [-0.15, -0.1) is 11.3 Å². The van der Waals surface area contributed by atoms with E-state index in [0.29, 0.717) is 23.7 Å². The van der Waals surface area contributed by atoms with Gasteiger partial charge in [-0.2, -0.15) is 0 Å². The first-order valence-electron chi connectivity index (χ1n) is 6.28. The molecule has 5 nitrogen and oxygen atoms in total. The Labute approximate surface area is 122 Å². The van der Waals surface area contributed by atoms with Crippen molar-refractivity contribution in [3.8, 4) is 0 Å². The molecule has 6 heteroatoms. The second-order valence-electron chi connectivity index (χ2n) is 4.29. The fraction of sp³-hybridized carbons (Fsp3) is 0.286. The van der Waals surface area contributed by atoms with E-state index in [4.69, 9.17) is 10.5 Å². The maximum atomic E-state index is 11.8. The van der Waals surface area contributed by atoms with E-state index >= 15 is 0 Å². The molecule has 2 aromatic rings. The van der Waals surface area contributed by atoms with Crippen LogP contribution in [0, 0.1) is 0 Å². The standard InChI is InChI=1S/C14H17N3O2S/c1-3-19-14(18)11-7-13(16-8-12(11)15)17(2)9-10-5-4-6-20-10/h4-8H,3,9,15H2,1-2H3. The Bertz CT molecular complexity index is 584. The lowest BCUT2D eigenvalue weighted by atomic mass is 10.2. The van der Waals surface area contributed by atoms with Gasteiger partial charge in [0, 0.05) is 11.9 Å². The van der Waals surface area contributed by atoms with Crippen LogP contribution in [0.3, 0.4) is 0 Å². The maximum Gasteiger partial charge on any atom is 0.340 e. The normalized spacial score (nSPS) is 10.3. The minimum Gasteiger partial charge on any atom is -0.462 e. The lowest BCUT2D eigenvalue weighted by molar-refractivity contribution is 0.0527. The number of thiophene rings is 1.